The van der Waals surface area contributed by atoms with Crippen LogP contribution >= 0.6 is 11.6 Å². The summed E-state index contributed by atoms with van der Waals surface area (Å²) in [7, 11) is 0. The minimum absolute atomic E-state index is 0.412. The van der Waals surface area contributed by atoms with Crippen molar-refractivity contribution in [3.05, 3.63) is 51.7 Å². The summed E-state index contributed by atoms with van der Waals surface area (Å²) in [5.41, 5.74) is 9.77. The van der Waals surface area contributed by atoms with Gasteiger partial charge < -0.3 is 10.5 Å². The molecule has 19 heavy (non-hydrogen) atoms. The Bertz CT molecular complexity index is 611. The molecule has 2 aromatic rings. The summed E-state index contributed by atoms with van der Waals surface area (Å²) >= 11 is 6.16. The second-order valence-electron chi connectivity index (χ2n) is 4.59. The Morgan fingerprint density at radius 1 is 1.21 bits per heavy atom. The van der Waals surface area contributed by atoms with E-state index in [0.717, 1.165) is 22.4 Å². The van der Waals surface area contributed by atoms with Gasteiger partial charge in [-0.05, 0) is 49.1 Å². The first kappa shape index (κ1) is 13.8. The molecule has 4 heteroatoms. The van der Waals surface area contributed by atoms with Crippen LogP contribution < -0.4 is 10.5 Å². The highest BCUT2D eigenvalue weighted by atomic mass is 35.5. The van der Waals surface area contributed by atoms with Crippen molar-refractivity contribution in [3.63, 3.8) is 0 Å². The molecule has 2 rings (SSSR count). The maximum absolute atomic E-state index is 6.16. The second kappa shape index (κ2) is 5.59. The van der Waals surface area contributed by atoms with E-state index >= 15 is 0 Å². The van der Waals surface area contributed by atoms with Crippen LogP contribution in [-0.4, -0.2) is 4.98 Å². The van der Waals surface area contributed by atoms with Crippen LogP contribution in [0.3, 0.4) is 0 Å². The monoisotopic (exact) mass is 276 g/mol. The summed E-state index contributed by atoms with van der Waals surface area (Å²) in [6.07, 6.45) is 1.68. The van der Waals surface area contributed by atoms with Crippen molar-refractivity contribution in [1.82, 2.24) is 4.98 Å². The lowest BCUT2D eigenvalue weighted by Crippen LogP contribution is -1.99. The highest BCUT2D eigenvalue weighted by Gasteiger charge is 2.11. The van der Waals surface area contributed by atoms with Crippen molar-refractivity contribution in [2.45, 2.75) is 27.3 Å². The Balaban J connectivity index is 2.39. The SMILES string of the molecule is Cc1ccc(C)c(Oc2ncc(CN)cc2Cl)c1C. The molecule has 0 aliphatic carbocycles. The van der Waals surface area contributed by atoms with Crippen LogP contribution in [0.5, 0.6) is 11.6 Å². The second-order valence-corrected chi connectivity index (χ2v) is 5.00. The lowest BCUT2D eigenvalue weighted by molar-refractivity contribution is 0.455. The van der Waals surface area contributed by atoms with E-state index in [1.165, 1.54) is 5.56 Å². The van der Waals surface area contributed by atoms with E-state index in [4.69, 9.17) is 22.1 Å². The van der Waals surface area contributed by atoms with Gasteiger partial charge in [0.05, 0.1) is 0 Å². The van der Waals surface area contributed by atoms with Gasteiger partial charge in [-0.15, -0.1) is 0 Å². The molecule has 0 bridgehead atoms. The number of nitrogens with two attached hydrogens (primary N) is 1. The number of nitrogens with zero attached hydrogens (tertiary/aromatic N) is 1. The van der Waals surface area contributed by atoms with Crippen LogP contribution in [0.25, 0.3) is 0 Å². The van der Waals surface area contributed by atoms with Gasteiger partial charge in [-0.3, -0.25) is 0 Å². The smallest absolute Gasteiger partial charge is 0.238 e. The molecule has 0 saturated heterocycles. The van der Waals surface area contributed by atoms with Crippen molar-refractivity contribution in [3.8, 4) is 11.6 Å². The minimum atomic E-state index is 0.412. The number of halogens is 1. The van der Waals surface area contributed by atoms with E-state index < -0.39 is 0 Å². The topological polar surface area (TPSA) is 48.1 Å². The van der Waals surface area contributed by atoms with Crippen LogP contribution in [0.2, 0.25) is 5.02 Å². The normalized spacial score (nSPS) is 10.6. The van der Waals surface area contributed by atoms with Crippen LogP contribution in [0, 0.1) is 20.8 Å². The lowest BCUT2D eigenvalue weighted by atomic mass is 10.1. The molecule has 0 amide bonds. The first-order valence-electron chi connectivity index (χ1n) is 6.12. The highest BCUT2D eigenvalue weighted by molar-refractivity contribution is 6.31. The van der Waals surface area contributed by atoms with Crippen LogP contribution in [0.4, 0.5) is 0 Å². The maximum atomic E-state index is 6.16. The predicted molar refractivity (Wildman–Crippen MR) is 77.9 cm³/mol. The van der Waals surface area contributed by atoms with Gasteiger partial charge >= 0.3 is 0 Å². The molecule has 1 aromatic heterocycles. The summed E-state index contributed by atoms with van der Waals surface area (Å²) in [6.45, 7) is 6.49. The fourth-order valence-corrected chi connectivity index (χ4v) is 2.06. The lowest BCUT2D eigenvalue weighted by Gasteiger charge is -2.14. The zero-order chi connectivity index (χ0) is 14.0. The van der Waals surface area contributed by atoms with Gasteiger partial charge in [0.25, 0.3) is 0 Å². The highest BCUT2D eigenvalue weighted by Crippen LogP contribution is 2.33. The number of hydrogen-bond donors (Lipinski definition) is 1. The Kier molecular flexibility index (Phi) is 4.08. The Hall–Kier alpha value is -1.58. The molecule has 100 valence electrons. The van der Waals surface area contributed by atoms with Gasteiger partial charge in [0, 0.05) is 12.7 Å². The molecule has 0 aliphatic rings. The average molecular weight is 277 g/mol. The van der Waals surface area contributed by atoms with E-state index in [1.807, 2.05) is 26.8 Å². The molecule has 0 fully saturated rings. The summed E-state index contributed by atoms with van der Waals surface area (Å²) in [4.78, 5) is 4.22. The first-order chi connectivity index (χ1) is 9.02. The van der Waals surface area contributed by atoms with Crippen molar-refractivity contribution in [1.29, 1.82) is 0 Å². The van der Waals surface area contributed by atoms with Crippen molar-refractivity contribution < 1.29 is 4.74 Å². The van der Waals surface area contributed by atoms with E-state index in [2.05, 4.69) is 11.1 Å². The Labute approximate surface area is 118 Å². The summed E-state index contributed by atoms with van der Waals surface area (Å²) in [5.74, 6) is 1.23. The molecule has 0 unspecified atom stereocenters. The molecule has 3 nitrogen and oxygen atoms in total. The summed E-state index contributed by atoms with van der Waals surface area (Å²) in [5, 5.41) is 0.475. The predicted octanol–water partition coefficient (Wildman–Crippen LogP) is 3.91. The summed E-state index contributed by atoms with van der Waals surface area (Å²) < 4.78 is 5.87. The van der Waals surface area contributed by atoms with Crippen molar-refractivity contribution in [2.75, 3.05) is 0 Å². The number of benzene rings is 1. The molecule has 2 N–H and O–H groups in total. The van der Waals surface area contributed by atoms with Crippen molar-refractivity contribution in [2.24, 2.45) is 5.73 Å². The molecular formula is C15H17ClN2O. The number of pyridine rings is 1. The third-order valence-electron chi connectivity index (χ3n) is 3.17. The fraction of sp³-hybridized carbons (Fsp3) is 0.267. The molecule has 0 aliphatic heterocycles. The fourth-order valence-electron chi connectivity index (χ4n) is 1.83. The van der Waals surface area contributed by atoms with Gasteiger partial charge in [0.1, 0.15) is 10.8 Å². The van der Waals surface area contributed by atoms with E-state index in [1.54, 1.807) is 12.3 Å². The Morgan fingerprint density at radius 2 is 1.89 bits per heavy atom. The van der Waals surface area contributed by atoms with E-state index in [-0.39, 0.29) is 0 Å². The third-order valence-corrected chi connectivity index (χ3v) is 3.44. The van der Waals surface area contributed by atoms with Gasteiger partial charge in [0.2, 0.25) is 5.88 Å². The number of aromatic nitrogens is 1. The van der Waals surface area contributed by atoms with Gasteiger partial charge in [0.15, 0.2) is 0 Å². The first-order valence-corrected chi connectivity index (χ1v) is 6.50. The number of aryl methyl sites for hydroxylation is 2. The quantitative estimate of drug-likeness (QED) is 0.924. The standard InChI is InChI=1S/C15H17ClN2O/c1-9-4-5-10(2)14(11(9)3)19-15-13(16)6-12(7-17)8-18-15/h4-6,8H,7,17H2,1-3H3. The van der Waals surface area contributed by atoms with Gasteiger partial charge in [-0.25, -0.2) is 4.98 Å². The zero-order valence-electron chi connectivity index (χ0n) is 11.3. The van der Waals surface area contributed by atoms with Crippen molar-refractivity contribution >= 4 is 11.6 Å². The number of hydrogen-bond acceptors (Lipinski definition) is 3. The Morgan fingerprint density at radius 3 is 2.53 bits per heavy atom. The molecule has 0 saturated carbocycles. The molecule has 0 atom stereocenters. The zero-order valence-corrected chi connectivity index (χ0v) is 12.1. The maximum Gasteiger partial charge on any atom is 0.238 e. The van der Waals surface area contributed by atoms with Crippen LogP contribution in [0.15, 0.2) is 24.4 Å². The molecule has 1 heterocycles. The number of rotatable bonds is 3. The van der Waals surface area contributed by atoms with Crippen LogP contribution in [0.1, 0.15) is 22.3 Å². The minimum Gasteiger partial charge on any atom is -0.437 e. The van der Waals surface area contributed by atoms with Gasteiger partial charge in [-0.1, -0.05) is 23.7 Å². The summed E-state index contributed by atoms with van der Waals surface area (Å²) in [6, 6.07) is 5.88. The molecule has 0 radical (unpaired) electrons. The largest absolute Gasteiger partial charge is 0.437 e. The third kappa shape index (κ3) is 2.88. The molecule has 0 spiro atoms. The van der Waals surface area contributed by atoms with Gasteiger partial charge in [-0.2, -0.15) is 0 Å². The van der Waals surface area contributed by atoms with Crippen LogP contribution in [-0.2, 0) is 6.54 Å². The average Bonchev–Trinajstić information content (AvgIpc) is 2.40. The van der Waals surface area contributed by atoms with E-state index in [9.17, 15) is 0 Å². The van der Waals surface area contributed by atoms with E-state index in [0.29, 0.717) is 17.4 Å². The molecule has 1 aromatic carbocycles. The molecular weight excluding hydrogens is 260 g/mol. The number of ether oxygens (including phenoxy) is 1.